The average molecular weight is 379 g/mol. The van der Waals surface area contributed by atoms with Crippen molar-refractivity contribution < 1.29 is 17.7 Å². The van der Waals surface area contributed by atoms with Crippen LogP contribution in [0, 0.1) is 15.9 Å². The summed E-state index contributed by atoms with van der Waals surface area (Å²) < 4.78 is 39.5. The lowest BCUT2D eigenvalue weighted by Crippen LogP contribution is -2.15. The zero-order chi connectivity index (χ0) is 17.2. The van der Waals surface area contributed by atoms with Gasteiger partial charge in [-0.05, 0) is 29.8 Å². The third-order valence-corrected chi connectivity index (χ3v) is 4.76. The monoisotopic (exact) mass is 378 g/mol. The minimum absolute atomic E-state index is 0.113. The van der Waals surface area contributed by atoms with Crippen LogP contribution in [0.4, 0.5) is 15.8 Å². The van der Waals surface area contributed by atoms with Crippen LogP contribution >= 0.6 is 23.2 Å². The maximum atomic E-state index is 13.2. The summed E-state index contributed by atoms with van der Waals surface area (Å²) in [5, 5.41) is 11.2. The summed E-state index contributed by atoms with van der Waals surface area (Å²) in [6.45, 7) is 0. The van der Waals surface area contributed by atoms with Gasteiger partial charge in [0.05, 0.1) is 26.4 Å². The quantitative estimate of drug-likeness (QED) is 0.629. The number of nitro groups is 1. The molecule has 0 aliphatic rings. The van der Waals surface area contributed by atoms with Crippen molar-refractivity contribution in [3.63, 3.8) is 0 Å². The highest BCUT2D eigenvalue weighted by atomic mass is 35.5. The Balaban J connectivity index is 2.22. The molecule has 0 aliphatic heterocycles. The third-order valence-electron chi connectivity index (χ3n) is 2.76. The highest BCUT2D eigenvalue weighted by Crippen LogP contribution is 2.25. The fourth-order valence-corrected chi connectivity index (χ4v) is 3.28. The molecule has 0 bridgehead atoms. The van der Waals surface area contributed by atoms with E-state index in [0.717, 1.165) is 18.2 Å². The number of benzene rings is 2. The van der Waals surface area contributed by atoms with Crippen LogP contribution in [0.2, 0.25) is 10.0 Å². The van der Waals surface area contributed by atoms with E-state index < -0.39 is 32.2 Å². The number of hydrogen-bond donors (Lipinski definition) is 1. The molecule has 0 spiro atoms. The van der Waals surface area contributed by atoms with Crippen LogP contribution in [0.25, 0.3) is 0 Å². The number of nitrogens with zero attached hydrogens (tertiary/aromatic N) is 1. The van der Waals surface area contributed by atoms with Gasteiger partial charge in [0, 0.05) is 6.07 Å². The second-order valence-corrected chi connectivity index (χ2v) is 7.07. The molecule has 10 heteroatoms. The Bertz CT molecular complexity index is 874. The van der Waals surface area contributed by atoms with Gasteiger partial charge in [0.2, 0.25) is 15.8 Å². The van der Waals surface area contributed by atoms with Crippen LogP contribution in [-0.2, 0) is 15.8 Å². The van der Waals surface area contributed by atoms with Crippen LogP contribution in [0.5, 0.6) is 0 Å². The molecule has 0 aliphatic carbocycles. The molecule has 0 radical (unpaired) electrons. The molecule has 2 aromatic carbocycles. The minimum Gasteiger partial charge on any atom is -0.283 e. The Hall–Kier alpha value is -1.90. The molecule has 0 saturated heterocycles. The van der Waals surface area contributed by atoms with Crippen molar-refractivity contribution in [1.29, 1.82) is 0 Å². The largest absolute Gasteiger partial charge is 0.306 e. The number of rotatable bonds is 5. The first-order valence-corrected chi connectivity index (χ1v) is 8.47. The molecule has 23 heavy (non-hydrogen) atoms. The van der Waals surface area contributed by atoms with Crippen LogP contribution in [-0.4, -0.2) is 13.3 Å². The Morgan fingerprint density at radius 2 is 1.83 bits per heavy atom. The van der Waals surface area contributed by atoms with Gasteiger partial charge in [0.15, 0.2) is 0 Å². The second kappa shape index (κ2) is 6.69. The Labute approximate surface area is 141 Å². The molecule has 122 valence electrons. The van der Waals surface area contributed by atoms with Gasteiger partial charge >= 0.3 is 5.69 Å². The molecule has 0 heterocycles. The summed E-state index contributed by atoms with van der Waals surface area (Å²) in [5.41, 5.74) is -0.554. The van der Waals surface area contributed by atoms with Crippen molar-refractivity contribution in [3.05, 3.63) is 67.9 Å². The van der Waals surface area contributed by atoms with Crippen molar-refractivity contribution in [2.24, 2.45) is 0 Å². The van der Waals surface area contributed by atoms with Gasteiger partial charge in [-0.3, -0.25) is 14.8 Å². The number of nitrogens with one attached hydrogen (secondary N) is 1. The van der Waals surface area contributed by atoms with Crippen molar-refractivity contribution >= 4 is 44.6 Å². The Kier molecular flexibility index (Phi) is 5.08. The fourth-order valence-electron chi connectivity index (χ4n) is 1.78. The van der Waals surface area contributed by atoms with Gasteiger partial charge in [-0.1, -0.05) is 29.3 Å². The normalized spacial score (nSPS) is 11.3. The summed E-state index contributed by atoms with van der Waals surface area (Å²) in [6, 6.07) is 7.06. The molecule has 6 nitrogen and oxygen atoms in total. The standard InChI is InChI=1S/C13H9Cl2FN2O4S/c14-10-3-1-8(5-11(10)15)7-23(21,22)17-9-2-4-12(16)13(6-9)18(19)20/h1-6,17H,7H2. The van der Waals surface area contributed by atoms with E-state index in [2.05, 4.69) is 4.72 Å². The van der Waals surface area contributed by atoms with Crippen molar-refractivity contribution in [2.45, 2.75) is 5.75 Å². The highest BCUT2D eigenvalue weighted by molar-refractivity contribution is 7.91. The van der Waals surface area contributed by atoms with Gasteiger partial charge in [0.1, 0.15) is 0 Å². The van der Waals surface area contributed by atoms with Crippen LogP contribution in [0.1, 0.15) is 5.56 Å². The van der Waals surface area contributed by atoms with Crippen LogP contribution < -0.4 is 4.72 Å². The summed E-state index contributed by atoms with van der Waals surface area (Å²) in [4.78, 5) is 9.72. The smallest absolute Gasteiger partial charge is 0.283 e. The lowest BCUT2D eigenvalue weighted by atomic mass is 10.2. The average Bonchev–Trinajstić information content (AvgIpc) is 2.44. The topological polar surface area (TPSA) is 89.3 Å². The van der Waals surface area contributed by atoms with E-state index in [1.54, 1.807) is 0 Å². The van der Waals surface area contributed by atoms with E-state index in [1.165, 1.54) is 18.2 Å². The zero-order valence-electron chi connectivity index (χ0n) is 11.3. The van der Waals surface area contributed by atoms with E-state index >= 15 is 0 Å². The number of hydrogen-bond acceptors (Lipinski definition) is 4. The molecule has 0 saturated carbocycles. The number of halogens is 3. The van der Waals surface area contributed by atoms with E-state index in [0.29, 0.717) is 5.56 Å². The van der Waals surface area contributed by atoms with Gasteiger partial charge in [-0.2, -0.15) is 4.39 Å². The molecule has 2 rings (SSSR count). The molecule has 0 amide bonds. The number of anilines is 1. The van der Waals surface area contributed by atoms with E-state index in [9.17, 15) is 22.9 Å². The SMILES string of the molecule is O=[N+]([O-])c1cc(NS(=O)(=O)Cc2ccc(Cl)c(Cl)c2)ccc1F. The van der Waals surface area contributed by atoms with Crippen molar-refractivity contribution in [2.75, 3.05) is 4.72 Å². The lowest BCUT2D eigenvalue weighted by molar-refractivity contribution is -0.387. The Morgan fingerprint density at radius 1 is 1.13 bits per heavy atom. The van der Waals surface area contributed by atoms with Gasteiger partial charge in [-0.25, -0.2) is 8.42 Å². The predicted molar refractivity (Wildman–Crippen MR) is 85.8 cm³/mol. The third kappa shape index (κ3) is 4.54. The summed E-state index contributed by atoms with van der Waals surface area (Å²) in [5.74, 6) is -1.47. The highest BCUT2D eigenvalue weighted by Gasteiger charge is 2.18. The van der Waals surface area contributed by atoms with Crippen molar-refractivity contribution in [3.8, 4) is 0 Å². The second-order valence-electron chi connectivity index (χ2n) is 4.53. The first-order chi connectivity index (χ1) is 10.7. The Morgan fingerprint density at radius 3 is 2.43 bits per heavy atom. The van der Waals surface area contributed by atoms with E-state index in [-0.39, 0.29) is 15.7 Å². The fraction of sp³-hybridized carbons (Fsp3) is 0.0769. The van der Waals surface area contributed by atoms with E-state index in [1.807, 2.05) is 0 Å². The number of nitro benzene ring substituents is 1. The number of sulfonamides is 1. The molecule has 0 aromatic heterocycles. The first kappa shape index (κ1) is 17.5. The zero-order valence-corrected chi connectivity index (χ0v) is 13.6. The molecule has 1 N–H and O–H groups in total. The lowest BCUT2D eigenvalue weighted by Gasteiger charge is -2.09. The molecular formula is C13H9Cl2FN2O4S. The molecule has 2 aromatic rings. The predicted octanol–water partition coefficient (Wildman–Crippen LogP) is 3.98. The van der Waals surface area contributed by atoms with Crippen LogP contribution in [0.15, 0.2) is 36.4 Å². The minimum atomic E-state index is -3.87. The molecule has 0 fully saturated rings. The maximum Gasteiger partial charge on any atom is 0.306 e. The first-order valence-electron chi connectivity index (χ1n) is 6.06. The van der Waals surface area contributed by atoms with E-state index in [4.69, 9.17) is 23.2 Å². The molecule has 0 atom stereocenters. The van der Waals surface area contributed by atoms with Crippen LogP contribution in [0.3, 0.4) is 0 Å². The van der Waals surface area contributed by atoms with Gasteiger partial charge < -0.3 is 0 Å². The van der Waals surface area contributed by atoms with Gasteiger partial charge in [-0.15, -0.1) is 0 Å². The summed E-state index contributed by atoms with van der Waals surface area (Å²) in [6.07, 6.45) is 0. The van der Waals surface area contributed by atoms with Gasteiger partial charge in [0.25, 0.3) is 0 Å². The molecule has 0 unspecified atom stereocenters. The van der Waals surface area contributed by atoms with Crippen molar-refractivity contribution in [1.82, 2.24) is 0 Å². The maximum absolute atomic E-state index is 13.2. The summed E-state index contributed by atoms with van der Waals surface area (Å²) in [7, 11) is -3.87. The molecular weight excluding hydrogens is 370 g/mol. The summed E-state index contributed by atoms with van der Waals surface area (Å²) >= 11 is 11.6.